The second-order valence-corrected chi connectivity index (χ2v) is 8.45. The van der Waals surface area contributed by atoms with Crippen molar-refractivity contribution < 1.29 is 14.0 Å². The molecule has 0 radical (unpaired) electrons. The van der Waals surface area contributed by atoms with Crippen LogP contribution in [0.1, 0.15) is 23.5 Å². The molecule has 1 aliphatic heterocycles. The van der Waals surface area contributed by atoms with Crippen LogP contribution in [0.2, 0.25) is 5.32 Å². The molecule has 142 valence electrons. The maximum absolute atomic E-state index is 14.2. The van der Waals surface area contributed by atoms with Crippen molar-refractivity contribution in [1.29, 1.82) is 5.26 Å². The molecule has 28 heavy (non-hydrogen) atoms. The maximum atomic E-state index is 14.2. The van der Waals surface area contributed by atoms with E-state index in [9.17, 15) is 19.2 Å². The van der Waals surface area contributed by atoms with E-state index < -0.39 is 26.7 Å². The van der Waals surface area contributed by atoms with Gasteiger partial charge < -0.3 is 0 Å². The van der Waals surface area contributed by atoms with Crippen LogP contribution in [-0.4, -0.2) is 26.8 Å². The first-order valence-corrected chi connectivity index (χ1v) is 10.7. The van der Waals surface area contributed by atoms with E-state index in [0.29, 0.717) is 21.4 Å². The van der Waals surface area contributed by atoms with E-state index in [-0.39, 0.29) is 23.6 Å². The van der Waals surface area contributed by atoms with Crippen LogP contribution in [0.15, 0.2) is 58.7 Å². The summed E-state index contributed by atoms with van der Waals surface area (Å²) in [5.41, 5.74) is 2.44. The summed E-state index contributed by atoms with van der Waals surface area (Å²) in [6, 6.07) is 15.7. The van der Waals surface area contributed by atoms with Crippen molar-refractivity contribution in [3.05, 3.63) is 75.6 Å². The molecule has 0 saturated carbocycles. The van der Waals surface area contributed by atoms with Crippen LogP contribution in [0.5, 0.6) is 0 Å². The summed E-state index contributed by atoms with van der Waals surface area (Å²) in [7, 11) is 0. The number of nitrogens with one attached hydrogen (secondary N) is 2. The zero-order valence-corrected chi connectivity index (χ0v) is 16.9. The number of carbonyl (C=O) groups excluding carboxylic acids is 2. The summed E-state index contributed by atoms with van der Waals surface area (Å²) >= 11 is -0.459. The number of carbonyl (C=O) groups is 2. The third-order valence-electron chi connectivity index (χ3n) is 4.32. The van der Waals surface area contributed by atoms with Gasteiger partial charge in [-0.1, -0.05) is 0 Å². The van der Waals surface area contributed by atoms with Crippen molar-refractivity contribution >= 4 is 32.5 Å². The van der Waals surface area contributed by atoms with Gasteiger partial charge in [-0.3, -0.25) is 0 Å². The van der Waals surface area contributed by atoms with E-state index in [1.807, 2.05) is 31.2 Å². The monoisotopic (exact) mass is 443 g/mol. The normalized spacial score (nSPS) is 16.3. The molecule has 0 fully saturated rings. The summed E-state index contributed by atoms with van der Waals surface area (Å²) in [6.45, 7) is 1.96. The number of hydrogen-bond acceptors (Lipinski definition) is 3. The van der Waals surface area contributed by atoms with Crippen molar-refractivity contribution in [2.24, 2.45) is 0 Å². The number of benzene rings is 2. The van der Waals surface area contributed by atoms with Gasteiger partial charge in [0.1, 0.15) is 0 Å². The molecule has 3 rings (SSSR count). The standard InChI is InChI=1S/C21H18FN3O2Se/c1-13-6-8-14(9-7-13)24-20(27)12-28-21-17(11-23)16(10-19(26)25-21)15-4-2-3-5-18(15)22/h2-9,16H,10,12H2,1H3,(H,24,27)(H,25,26). The van der Waals surface area contributed by atoms with Crippen LogP contribution in [-0.2, 0) is 9.59 Å². The summed E-state index contributed by atoms with van der Waals surface area (Å²) in [6.07, 6.45) is 0.0129. The minimum atomic E-state index is -0.628. The molecule has 2 N–H and O–H groups in total. The summed E-state index contributed by atoms with van der Waals surface area (Å²) in [4.78, 5) is 24.4. The van der Waals surface area contributed by atoms with Crippen LogP contribution < -0.4 is 10.6 Å². The van der Waals surface area contributed by atoms with Gasteiger partial charge in [0.05, 0.1) is 0 Å². The average Bonchev–Trinajstić information content (AvgIpc) is 2.68. The molecule has 1 aliphatic rings. The first-order valence-electron chi connectivity index (χ1n) is 8.66. The summed E-state index contributed by atoms with van der Waals surface area (Å²) in [5.74, 6) is -1.55. The van der Waals surface area contributed by atoms with Crippen molar-refractivity contribution in [3.8, 4) is 6.07 Å². The number of amides is 2. The van der Waals surface area contributed by atoms with Gasteiger partial charge in [0.25, 0.3) is 0 Å². The topological polar surface area (TPSA) is 82.0 Å². The molecule has 7 heteroatoms. The second-order valence-electron chi connectivity index (χ2n) is 6.38. The summed E-state index contributed by atoms with van der Waals surface area (Å²) in [5, 5.41) is 15.3. The fraction of sp³-hybridized carbons (Fsp3) is 0.190. The molecule has 0 aromatic heterocycles. The van der Waals surface area contributed by atoms with Crippen molar-refractivity contribution in [3.63, 3.8) is 0 Å². The van der Waals surface area contributed by atoms with E-state index in [4.69, 9.17) is 0 Å². The van der Waals surface area contributed by atoms with Crippen molar-refractivity contribution in [2.45, 2.75) is 24.6 Å². The third-order valence-corrected chi connectivity index (χ3v) is 6.45. The van der Waals surface area contributed by atoms with E-state index in [0.717, 1.165) is 5.56 Å². The Kier molecular flexibility index (Phi) is 6.25. The number of nitriles is 1. The third kappa shape index (κ3) is 4.66. The predicted molar refractivity (Wildman–Crippen MR) is 105 cm³/mol. The Morgan fingerprint density at radius 2 is 2.00 bits per heavy atom. The van der Waals surface area contributed by atoms with Crippen LogP contribution in [0, 0.1) is 24.1 Å². The Morgan fingerprint density at radius 1 is 1.29 bits per heavy atom. The molecule has 2 aromatic carbocycles. The number of aryl methyl sites for hydroxylation is 1. The van der Waals surface area contributed by atoms with E-state index in [1.54, 1.807) is 18.2 Å². The molecule has 0 saturated heterocycles. The zero-order valence-electron chi connectivity index (χ0n) is 15.2. The Bertz CT molecular complexity index is 980. The van der Waals surface area contributed by atoms with Gasteiger partial charge in [-0.05, 0) is 0 Å². The van der Waals surface area contributed by atoms with Crippen LogP contribution in [0.3, 0.4) is 0 Å². The molecule has 1 unspecified atom stereocenters. The van der Waals surface area contributed by atoms with Gasteiger partial charge in [0.15, 0.2) is 0 Å². The van der Waals surface area contributed by atoms with E-state index in [1.165, 1.54) is 6.07 Å². The van der Waals surface area contributed by atoms with E-state index >= 15 is 0 Å². The Hall–Kier alpha value is -2.94. The Morgan fingerprint density at radius 3 is 2.68 bits per heavy atom. The summed E-state index contributed by atoms with van der Waals surface area (Å²) < 4.78 is 14.6. The average molecular weight is 442 g/mol. The fourth-order valence-corrected chi connectivity index (χ4v) is 4.77. The predicted octanol–water partition coefficient (Wildman–Crippen LogP) is 3.23. The molecule has 5 nitrogen and oxygen atoms in total. The van der Waals surface area contributed by atoms with Gasteiger partial charge in [0, 0.05) is 0 Å². The van der Waals surface area contributed by atoms with Crippen LogP contribution >= 0.6 is 0 Å². The molecule has 0 bridgehead atoms. The second kappa shape index (κ2) is 8.83. The van der Waals surface area contributed by atoms with Gasteiger partial charge in [-0.2, -0.15) is 0 Å². The fourth-order valence-electron chi connectivity index (χ4n) is 2.93. The molecular weight excluding hydrogens is 424 g/mol. The SMILES string of the molecule is Cc1ccc(NC(=O)C[Se]C2=C(C#N)C(c3ccccc3F)CC(=O)N2)cc1. The first-order chi connectivity index (χ1) is 13.5. The van der Waals surface area contributed by atoms with Gasteiger partial charge in [0.2, 0.25) is 0 Å². The molecule has 2 amide bonds. The Labute approximate surface area is 168 Å². The van der Waals surface area contributed by atoms with Gasteiger partial charge >= 0.3 is 169 Å². The minimum absolute atomic E-state index is 0.0129. The molecule has 1 atom stereocenters. The van der Waals surface area contributed by atoms with Crippen molar-refractivity contribution in [2.75, 3.05) is 5.32 Å². The number of nitrogens with zero attached hydrogens (tertiary/aromatic N) is 1. The molecule has 1 heterocycles. The first kappa shape index (κ1) is 19.8. The molecular formula is C21H18FN3O2Se. The van der Waals surface area contributed by atoms with Crippen LogP contribution in [0.25, 0.3) is 0 Å². The molecule has 0 aliphatic carbocycles. The zero-order chi connectivity index (χ0) is 20.1. The molecule has 2 aromatic rings. The number of halogens is 1. The van der Waals surface area contributed by atoms with Crippen LogP contribution in [0.4, 0.5) is 10.1 Å². The number of allylic oxidation sites excluding steroid dienone is 1. The number of rotatable bonds is 5. The quantitative estimate of drug-likeness (QED) is 0.698. The van der Waals surface area contributed by atoms with Crippen molar-refractivity contribution in [1.82, 2.24) is 5.32 Å². The van der Waals surface area contributed by atoms with E-state index in [2.05, 4.69) is 16.7 Å². The Balaban J connectivity index is 1.76. The molecule has 0 spiro atoms. The number of anilines is 1. The van der Waals surface area contributed by atoms with Gasteiger partial charge in [-0.25, -0.2) is 0 Å². The van der Waals surface area contributed by atoms with Gasteiger partial charge in [-0.15, -0.1) is 0 Å². The number of hydrogen-bond donors (Lipinski definition) is 2.